The van der Waals surface area contributed by atoms with Crippen molar-refractivity contribution in [3.8, 4) is 0 Å². The number of sulfone groups is 1. The maximum absolute atomic E-state index is 12.7. The SMILES string of the molecule is Cc1ccc(C)c(S(=O)(=O)CCN2CCN(CC(=O)N3CCOCC3)CC2)c1. The fraction of sp³-hybridized carbons (Fsp3) is 0.650. The second-order valence-electron chi connectivity index (χ2n) is 7.70. The lowest BCUT2D eigenvalue weighted by Crippen LogP contribution is -2.52. The number of nitrogens with zero attached hydrogens (tertiary/aromatic N) is 3. The molecule has 0 atom stereocenters. The summed E-state index contributed by atoms with van der Waals surface area (Å²) in [5, 5.41) is 0. The highest BCUT2D eigenvalue weighted by molar-refractivity contribution is 7.91. The lowest BCUT2D eigenvalue weighted by atomic mass is 10.2. The molecule has 3 rings (SSSR count). The van der Waals surface area contributed by atoms with Crippen LogP contribution in [0.5, 0.6) is 0 Å². The van der Waals surface area contributed by atoms with Crippen LogP contribution in [0.2, 0.25) is 0 Å². The molecule has 0 spiro atoms. The molecule has 8 heteroatoms. The number of ether oxygens (including phenoxy) is 1. The van der Waals surface area contributed by atoms with Crippen molar-refractivity contribution in [1.82, 2.24) is 14.7 Å². The Labute approximate surface area is 168 Å². The molecule has 0 aliphatic carbocycles. The van der Waals surface area contributed by atoms with Crippen LogP contribution in [0.15, 0.2) is 23.1 Å². The van der Waals surface area contributed by atoms with Crippen molar-refractivity contribution in [2.24, 2.45) is 0 Å². The Balaban J connectivity index is 1.45. The van der Waals surface area contributed by atoms with Crippen molar-refractivity contribution in [1.29, 1.82) is 0 Å². The minimum absolute atomic E-state index is 0.129. The van der Waals surface area contributed by atoms with Crippen molar-refractivity contribution in [3.63, 3.8) is 0 Å². The first-order chi connectivity index (χ1) is 13.3. The molecule has 28 heavy (non-hydrogen) atoms. The fourth-order valence-corrected chi connectivity index (χ4v) is 5.32. The summed E-state index contributed by atoms with van der Waals surface area (Å²) in [6.07, 6.45) is 0. The number of hydrogen-bond donors (Lipinski definition) is 0. The second-order valence-corrected chi connectivity index (χ2v) is 9.78. The Morgan fingerprint density at radius 3 is 2.32 bits per heavy atom. The van der Waals surface area contributed by atoms with Crippen molar-refractivity contribution < 1.29 is 17.9 Å². The molecule has 0 saturated carbocycles. The van der Waals surface area contributed by atoms with Crippen LogP contribution in [0.25, 0.3) is 0 Å². The predicted octanol–water partition coefficient (Wildman–Crippen LogP) is 0.554. The molecule has 7 nitrogen and oxygen atoms in total. The Kier molecular flexibility index (Phi) is 7.09. The highest BCUT2D eigenvalue weighted by Gasteiger charge is 2.24. The smallest absolute Gasteiger partial charge is 0.236 e. The number of morpholine rings is 1. The van der Waals surface area contributed by atoms with Gasteiger partial charge in [0.05, 0.1) is 30.4 Å². The number of amides is 1. The van der Waals surface area contributed by atoms with Gasteiger partial charge in [0, 0.05) is 45.8 Å². The highest BCUT2D eigenvalue weighted by Crippen LogP contribution is 2.18. The molecule has 2 saturated heterocycles. The van der Waals surface area contributed by atoms with Crippen molar-refractivity contribution in [2.45, 2.75) is 18.7 Å². The molecule has 0 N–H and O–H groups in total. The molecule has 1 aromatic carbocycles. The molecule has 0 bridgehead atoms. The first-order valence-corrected chi connectivity index (χ1v) is 11.6. The first kappa shape index (κ1) is 21.2. The van der Waals surface area contributed by atoms with Crippen LogP contribution in [-0.2, 0) is 19.4 Å². The van der Waals surface area contributed by atoms with Crippen molar-refractivity contribution in [3.05, 3.63) is 29.3 Å². The van der Waals surface area contributed by atoms with E-state index in [1.54, 1.807) is 6.07 Å². The maximum Gasteiger partial charge on any atom is 0.236 e. The summed E-state index contributed by atoms with van der Waals surface area (Å²) in [7, 11) is -3.29. The van der Waals surface area contributed by atoms with Gasteiger partial charge in [-0.25, -0.2) is 8.42 Å². The predicted molar refractivity (Wildman–Crippen MR) is 108 cm³/mol. The average Bonchev–Trinajstić information content (AvgIpc) is 2.70. The summed E-state index contributed by atoms with van der Waals surface area (Å²) in [6, 6.07) is 5.57. The molecule has 2 aliphatic rings. The van der Waals surface area contributed by atoms with E-state index in [2.05, 4.69) is 9.80 Å². The number of carbonyl (C=O) groups excluding carboxylic acids is 1. The third-order valence-electron chi connectivity index (χ3n) is 5.54. The van der Waals surface area contributed by atoms with Gasteiger partial charge < -0.3 is 9.64 Å². The zero-order valence-corrected chi connectivity index (χ0v) is 17.7. The number of benzene rings is 1. The van der Waals surface area contributed by atoms with E-state index < -0.39 is 9.84 Å². The molecular formula is C20H31N3O4S. The molecule has 2 heterocycles. The molecule has 156 valence electrons. The molecule has 0 aromatic heterocycles. The monoisotopic (exact) mass is 409 g/mol. The van der Waals surface area contributed by atoms with Crippen LogP contribution in [0.3, 0.4) is 0 Å². The zero-order valence-electron chi connectivity index (χ0n) is 16.9. The Morgan fingerprint density at radius 1 is 1.00 bits per heavy atom. The summed E-state index contributed by atoms with van der Waals surface area (Å²) >= 11 is 0. The van der Waals surface area contributed by atoms with E-state index >= 15 is 0 Å². The molecule has 0 unspecified atom stereocenters. The summed E-state index contributed by atoms with van der Waals surface area (Å²) in [4.78, 5) is 19.0. The maximum atomic E-state index is 12.7. The van der Waals surface area contributed by atoms with Crippen LogP contribution in [0.1, 0.15) is 11.1 Å². The van der Waals surface area contributed by atoms with E-state index in [4.69, 9.17) is 4.74 Å². The summed E-state index contributed by atoms with van der Waals surface area (Å²) in [6.45, 7) is 10.5. The van der Waals surface area contributed by atoms with Crippen LogP contribution < -0.4 is 0 Å². The standard InChI is InChI=1S/C20H31N3O4S/c1-17-3-4-18(2)19(15-17)28(25,26)14-11-21-5-7-22(8-6-21)16-20(24)23-9-12-27-13-10-23/h3-4,15H,5-14,16H2,1-2H3. The number of hydrogen-bond acceptors (Lipinski definition) is 6. The molecular weight excluding hydrogens is 378 g/mol. The van der Waals surface area contributed by atoms with Gasteiger partial charge in [-0.1, -0.05) is 12.1 Å². The van der Waals surface area contributed by atoms with Gasteiger partial charge >= 0.3 is 0 Å². The van der Waals surface area contributed by atoms with Crippen LogP contribution in [0.4, 0.5) is 0 Å². The third kappa shape index (κ3) is 5.53. The number of aryl methyl sites for hydroxylation is 2. The fourth-order valence-electron chi connectivity index (χ4n) is 3.68. The topological polar surface area (TPSA) is 70.2 Å². The number of carbonyl (C=O) groups is 1. The molecule has 1 aromatic rings. The molecule has 1 amide bonds. The van der Waals surface area contributed by atoms with Gasteiger partial charge in [-0.05, 0) is 31.0 Å². The average molecular weight is 410 g/mol. The van der Waals surface area contributed by atoms with E-state index in [9.17, 15) is 13.2 Å². The van der Waals surface area contributed by atoms with Crippen LogP contribution in [-0.4, -0.2) is 100 Å². The van der Waals surface area contributed by atoms with Crippen LogP contribution >= 0.6 is 0 Å². The van der Waals surface area contributed by atoms with E-state index in [1.807, 2.05) is 30.9 Å². The minimum atomic E-state index is -3.29. The zero-order chi connectivity index (χ0) is 20.1. The Bertz CT molecular complexity index is 783. The number of piperazine rings is 1. The van der Waals surface area contributed by atoms with Gasteiger partial charge in [0.2, 0.25) is 5.91 Å². The van der Waals surface area contributed by atoms with E-state index in [1.165, 1.54) is 0 Å². The Morgan fingerprint density at radius 2 is 1.64 bits per heavy atom. The largest absolute Gasteiger partial charge is 0.378 e. The summed E-state index contributed by atoms with van der Waals surface area (Å²) in [5.74, 6) is 0.290. The second kappa shape index (κ2) is 9.35. The van der Waals surface area contributed by atoms with Crippen LogP contribution in [0, 0.1) is 13.8 Å². The lowest BCUT2D eigenvalue weighted by Gasteiger charge is -2.36. The van der Waals surface area contributed by atoms with Crippen molar-refractivity contribution in [2.75, 3.05) is 71.3 Å². The van der Waals surface area contributed by atoms with Gasteiger partial charge in [0.1, 0.15) is 0 Å². The lowest BCUT2D eigenvalue weighted by molar-refractivity contribution is -0.136. The molecule has 0 radical (unpaired) electrons. The van der Waals surface area contributed by atoms with Gasteiger partial charge in [-0.15, -0.1) is 0 Å². The minimum Gasteiger partial charge on any atom is -0.378 e. The van der Waals surface area contributed by atoms with Crippen molar-refractivity contribution >= 4 is 15.7 Å². The molecule has 2 fully saturated rings. The normalized spacial score (nSPS) is 19.7. The quantitative estimate of drug-likeness (QED) is 0.684. The van der Waals surface area contributed by atoms with E-state index in [0.717, 1.165) is 37.3 Å². The number of rotatable bonds is 6. The first-order valence-electron chi connectivity index (χ1n) is 9.95. The highest BCUT2D eigenvalue weighted by atomic mass is 32.2. The Hall–Kier alpha value is -1.48. The van der Waals surface area contributed by atoms with Gasteiger partial charge in [0.15, 0.2) is 9.84 Å². The summed E-state index contributed by atoms with van der Waals surface area (Å²) < 4.78 is 30.8. The van der Waals surface area contributed by atoms with Gasteiger partial charge in [-0.3, -0.25) is 14.6 Å². The summed E-state index contributed by atoms with van der Waals surface area (Å²) in [5.41, 5.74) is 1.76. The third-order valence-corrected chi connectivity index (χ3v) is 7.37. The van der Waals surface area contributed by atoms with Gasteiger partial charge in [0.25, 0.3) is 0 Å². The molecule has 2 aliphatic heterocycles. The van der Waals surface area contributed by atoms with Gasteiger partial charge in [-0.2, -0.15) is 0 Å². The van der Waals surface area contributed by atoms with E-state index in [0.29, 0.717) is 44.3 Å². The van der Waals surface area contributed by atoms with E-state index in [-0.39, 0.29) is 11.7 Å².